The Balaban J connectivity index is 1.97. The van der Waals surface area contributed by atoms with E-state index in [-0.39, 0.29) is 29.7 Å². The molecule has 1 fully saturated rings. The van der Waals surface area contributed by atoms with E-state index in [1.807, 2.05) is 0 Å². The molecule has 1 aromatic carbocycles. The molecule has 6 nitrogen and oxygen atoms in total. The number of nitrogens with zero attached hydrogens (tertiary/aromatic N) is 1. The van der Waals surface area contributed by atoms with Crippen molar-refractivity contribution in [1.29, 1.82) is 0 Å². The van der Waals surface area contributed by atoms with Crippen LogP contribution in [0.15, 0.2) is 24.3 Å². The summed E-state index contributed by atoms with van der Waals surface area (Å²) in [6.07, 6.45) is 1.70. The molecule has 2 rings (SSSR count). The molecular weight excluding hydrogens is 272 g/mol. The molecule has 2 amide bonds. The van der Waals surface area contributed by atoms with Gasteiger partial charge in [0.2, 0.25) is 11.8 Å². The molecule has 0 radical (unpaired) electrons. The lowest BCUT2D eigenvalue weighted by molar-refractivity contribution is -0.134. The maximum absolute atomic E-state index is 12.2. The second-order valence-electron chi connectivity index (χ2n) is 5.26. The maximum Gasteiger partial charge on any atom is 0.335 e. The van der Waals surface area contributed by atoms with Gasteiger partial charge in [-0.3, -0.25) is 9.59 Å². The summed E-state index contributed by atoms with van der Waals surface area (Å²) in [7, 11) is 0. The van der Waals surface area contributed by atoms with E-state index in [0.29, 0.717) is 13.1 Å². The van der Waals surface area contributed by atoms with Crippen molar-refractivity contribution < 1.29 is 19.5 Å². The average molecular weight is 290 g/mol. The van der Waals surface area contributed by atoms with Crippen LogP contribution in [0.5, 0.6) is 0 Å². The number of hydrogen-bond donors (Lipinski definition) is 2. The largest absolute Gasteiger partial charge is 0.478 e. The Morgan fingerprint density at radius 3 is 2.48 bits per heavy atom. The van der Waals surface area contributed by atoms with Crippen LogP contribution in [-0.2, 0) is 16.0 Å². The van der Waals surface area contributed by atoms with Crippen molar-refractivity contribution in [3.63, 3.8) is 0 Å². The monoisotopic (exact) mass is 290 g/mol. The van der Waals surface area contributed by atoms with Crippen LogP contribution in [0.4, 0.5) is 0 Å². The van der Waals surface area contributed by atoms with Crippen molar-refractivity contribution in [1.82, 2.24) is 4.90 Å². The van der Waals surface area contributed by atoms with Crippen molar-refractivity contribution in [3.05, 3.63) is 35.4 Å². The van der Waals surface area contributed by atoms with Crippen molar-refractivity contribution in [2.75, 3.05) is 13.1 Å². The zero-order valence-electron chi connectivity index (χ0n) is 11.6. The van der Waals surface area contributed by atoms with E-state index < -0.39 is 5.97 Å². The fraction of sp³-hybridized carbons (Fsp3) is 0.400. The summed E-state index contributed by atoms with van der Waals surface area (Å²) in [5.74, 6) is -1.69. The predicted octanol–water partition coefficient (Wildman–Crippen LogP) is 0.651. The van der Waals surface area contributed by atoms with Gasteiger partial charge < -0.3 is 15.7 Å². The van der Waals surface area contributed by atoms with Crippen molar-refractivity contribution in [2.45, 2.75) is 19.3 Å². The van der Waals surface area contributed by atoms with Crippen LogP contribution in [0.25, 0.3) is 0 Å². The molecule has 1 aliphatic heterocycles. The molecule has 0 spiro atoms. The van der Waals surface area contributed by atoms with Gasteiger partial charge in [0.05, 0.1) is 17.9 Å². The van der Waals surface area contributed by atoms with Crippen LogP contribution in [0, 0.1) is 5.92 Å². The quantitative estimate of drug-likeness (QED) is 0.850. The summed E-state index contributed by atoms with van der Waals surface area (Å²) < 4.78 is 0. The molecule has 1 aromatic rings. The minimum Gasteiger partial charge on any atom is -0.478 e. The first kappa shape index (κ1) is 15.0. The first-order chi connectivity index (χ1) is 9.97. The highest BCUT2D eigenvalue weighted by molar-refractivity contribution is 5.88. The van der Waals surface area contributed by atoms with E-state index in [1.165, 1.54) is 12.1 Å². The second kappa shape index (κ2) is 6.39. The van der Waals surface area contributed by atoms with Crippen LogP contribution < -0.4 is 5.73 Å². The summed E-state index contributed by atoms with van der Waals surface area (Å²) in [6, 6.07) is 6.23. The summed E-state index contributed by atoms with van der Waals surface area (Å²) in [5.41, 5.74) is 6.24. The summed E-state index contributed by atoms with van der Waals surface area (Å²) in [6.45, 7) is 1.01. The normalized spacial score (nSPS) is 18.3. The van der Waals surface area contributed by atoms with E-state index >= 15 is 0 Å². The fourth-order valence-electron chi connectivity index (χ4n) is 2.49. The van der Waals surface area contributed by atoms with E-state index in [1.54, 1.807) is 17.0 Å². The highest BCUT2D eigenvalue weighted by atomic mass is 16.4. The number of benzene rings is 1. The lowest BCUT2D eigenvalue weighted by Gasteiger charge is -2.31. The third kappa shape index (κ3) is 3.81. The Kier molecular flexibility index (Phi) is 4.57. The Hall–Kier alpha value is -2.37. The molecule has 0 saturated carbocycles. The molecule has 6 heteroatoms. The fourth-order valence-corrected chi connectivity index (χ4v) is 2.49. The summed E-state index contributed by atoms with van der Waals surface area (Å²) in [5, 5.41) is 8.82. The lowest BCUT2D eigenvalue weighted by atomic mass is 9.97. The number of carboxylic acid groups (broad SMARTS) is 1. The molecular formula is C15H18N2O4. The molecule has 21 heavy (non-hydrogen) atoms. The highest BCUT2D eigenvalue weighted by Crippen LogP contribution is 2.17. The van der Waals surface area contributed by atoms with Gasteiger partial charge in [-0.15, -0.1) is 0 Å². The van der Waals surface area contributed by atoms with Crippen LogP contribution >= 0.6 is 0 Å². The number of carbonyl (C=O) groups is 3. The Morgan fingerprint density at radius 2 is 1.90 bits per heavy atom. The summed E-state index contributed by atoms with van der Waals surface area (Å²) >= 11 is 0. The smallest absolute Gasteiger partial charge is 0.335 e. The maximum atomic E-state index is 12.2. The number of hydrogen-bond acceptors (Lipinski definition) is 3. The van der Waals surface area contributed by atoms with Gasteiger partial charge in [-0.2, -0.15) is 0 Å². The van der Waals surface area contributed by atoms with Gasteiger partial charge in [-0.25, -0.2) is 4.79 Å². The highest BCUT2D eigenvalue weighted by Gasteiger charge is 2.26. The molecule has 0 aromatic heterocycles. The molecule has 112 valence electrons. The molecule has 0 bridgehead atoms. The zero-order chi connectivity index (χ0) is 15.4. The van der Waals surface area contributed by atoms with Gasteiger partial charge in [0.1, 0.15) is 0 Å². The Morgan fingerprint density at radius 1 is 1.24 bits per heavy atom. The van der Waals surface area contributed by atoms with Gasteiger partial charge >= 0.3 is 5.97 Å². The van der Waals surface area contributed by atoms with E-state index in [2.05, 4.69) is 0 Å². The van der Waals surface area contributed by atoms with Crippen molar-refractivity contribution in [3.8, 4) is 0 Å². The number of carbonyl (C=O) groups excluding carboxylic acids is 2. The minimum atomic E-state index is -0.992. The van der Waals surface area contributed by atoms with Crippen LogP contribution in [0.2, 0.25) is 0 Å². The molecule has 1 atom stereocenters. The van der Waals surface area contributed by atoms with E-state index in [9.17, 15) is 14.4 Å². The van der Waals surface area contributed by atoms with Crippen molar-refractivity contribution in [2.24, 2.45) is 11.7 Å². The van der Waals surface area contributed by atoms with Crippen LogP contribution in [0.1, 0.15) is 28.8 Å². The molecule has 1 saturated heterocycles. The van der Waals surface area contributed by atoms with Gasteiger partial charge in [-0.05, 0) is 30.5 Å². The van der Waals surface area contributed by atoms with E-state index in [0.717, 1.165) is 18.4 Å². The molecule has 1 aliphatic rings. The number of likely N-dealkylation sites (tertiary alicyclic amines) is 1. The zero-order valence-corrected chi connectivity index (χ0v) is 11.6. The first-order valence-electron chi connectivity index (χ1n) is 6.86. The van der Waals surface area contributed by atoms with Gasteiger partial charge in [0, 0.05) is 13.1 Å². The minimum absolute atomic E-state index is 0.0657. The third-order valence-corrected chi connectivity index (χ3v) is 3.73. The molecule has 3 N–H and O–H groups in total. The standard InChI is InChI=1S/C15H18N2O4/c16-14(19)12-2-1-7-17(9-12)13(18)8-10-3-5-11(6-4-10)15(20)21/h3-6,12H,1-2,7-9H2,(H2,16,19)(H,20,21). The lowest BCUT2D eigenvalue weighted by Crippen LogP contribution is -2.44. The van der Waals surface area contributed by atoms with E-state index in [4.69, 9.17) is 10.8 Å². The number of primary amides is 1. The first-order valence-corrected chi connectivity index (χ1v) is 6.86. The number of nitrogens with two attached hydrogens (primary N) is 1. The number of rotatable bonds is 4. The molecule has 1 unspecified atom stereocenters. The number of carboxylic acids is 1. The second-order valence-corrected chi connectivity index (χ2v) is 5.26. The molecule has 0 aliphatic carbocycles. The van der Waals surface area contributed by atoms with Crippen molar-refractivity contribution >= 4 is 17.8 Å². The van der Waals surface area contributed by atoms with Crippen LogP contribution in [0.3, 0.4) is 0 Å². The summed E-state index contributed by atoms with van der Waals surface area (Å²) in [4.78, 5) is 35.8. The van der Waals surface area contributed by atoms with Gasteiger partial charge in [0.25, 0.3) is 0 Å². The average Bonchev–Trinajstić information content (AvgIpc) is 2.48. The number of aromatic carboxylic acids is 1. The van der Waals surface area contributed by atoms with Gasteiger partial charge in [-0.1, -0.05) is 12.1 Å². The Labute approximate surface area is 122 Å². The third-order valence-electron chi connectivity index (χ3n) is 3.73. The Bertz CT molecular complexity index is 553. The SMILES string of the molecule is NC(=O)C1CCCN(C(=O)Cc2ccc(C(=O)O)cc2)C1. The number of piperidine rings is 1. The topological polar surface area (TPSA) is 101 Å². The van der Waals surface area contributed by atoms with Gasteiger partial charge in [0.15, 0.2) is 0 Å². The molecule has 1 heterocycles. The van der Waals surface area contributed by atoms with Crippen LogP contribution in [-0.4, -0.2) is 40.9 Å². The number of amides is 2. The predicted molar refractivity (Wildman–Crippen MR) is 75.6 cm³/mol.